The van der Waals surface area contributed by atoms with Gasteiger partial charge < -0.3 is 9.80 Å². The molecule has 1 aliphatic carbocycles. The van der Waals surface area contributed by atoms with E-state index in [-0.39, 0.29) is 5.41 Å². The minimum Gasteiger partial charge on any atom is -0.342 e. The van der Waals surface area contributed by atoms with E-state index in [1.54, 1.807) is 0 Å². The van der Waals surface area contributed by atoms with Gasteiger partial charge in [0.25, 0.3) is 0 Å². The van der Waals surface area contributed by atoms with Crippen LogP contribution in [0.4, 0.5) is 0 Å². The minimum absolute atomic E-state index is 0.215. The second-order valence-electron chi connectivity index (χ2n) is 10.3. The first-order valence-corrected chi connectivity index (χ1v) is 12.5. The molecule has 2 saturated heterocycles. The largest absolute Gasteiger partial charge is 0.342 e. The lowest BCUT2D eigenvalue weighted by Gasteiger charge is -2.34. The number of rotatable bonds is 6. The third kappa shape index (κ3) is 4.77. The third-order valence-electron chi connectivity index (χ3n) is 7.94. The van der Waals surface area contributed by atoms with E-state index in [0.717, 1.165) is 51.7 Å². The van der Waals surface area contributed by atoms with E-state index in [0.29, 0.717) is 11.8 Å². The lowest BCUT2D eigenvalue weighted by molar-refractivity contribution is -0.135. The van der Waals surface area contributed by atoms with E-state index < -0.39 is 0 Å². The number of hydrogen-bond acceptors (Lipinski definition) is 3. The first-order valence-electron chi connectivity index (χ1n) is 12.5. The van der Waals surface area contributed by atoms with Gasteiger partial charge in [-0.25, -0.2) is 0 Å². The molecule has 2 aliphatic heterocycles. The van der Waals surface area contributed by atoms with Crippen LogP contribution in [0.2, 0.25) is 0 Å². The maximum Gasteiger partial charge on any atom is 0.233 e. The normalized spacial score (nSPS) is 22.1. The summed E-state index contributed by atoms with van der Waals surface area (Å²) in [5.41, 5.74) is 3.87. The van der Waals surface area contributed by atoms with E-state index >= 15 is 0 Å². The van der Waals surface area contributed by atoms with Crippen molar-refractivity contribution >= 4 is 5.91 Å². The molecule has 3 aliphatic rings. The summed E-state index contributed by atoms with van der Waals surface area (Å²) in [6, 6.07) is 19.7. The topological polar surface area (TPSA) is 26.8 Å². The molecule has 1 amide bonds. The maximum atomic E-state index is 13.3. The summed E-state index contributed by atoms with van der Waals surface area (Å²) in [5, 5.41) is 0. The van der Waals surface area contributed by atoms with Crippen molar-refractivity contribution in [3.05, 3.63) is 71.3 Å². The standard InChI is InChI=1S/C28H37N3O/c1-29-17-19-30(20-18-29)22-25-9-7-23(8-10-25)21-24-11-15-31(16-12-24)27(32)28(13-14-28)26-5-3-2-4-6-26/h2-10,24H,11-22H2,1H3. The molecule has 2 heterocycles. The second kappa shape index (κ2) is 9.36. The highest BCUT2D eigenvalue weighted by Crippen LogP contribution is 2.50. The summed E-state index contributed by atoms with van der Waals surface area (Å²) in [6.07, 6.45) is 5.41. The van der Waals surface area contributed by atoms with Gasteiger partial charge in [0.05, 0.1) is 5.41 Å². The number of nitrogens with zero attached hydrogens (tertiary/aromatic N) is 3. The maximum absolute atomic E-state index is 13.3. The third-order valence-corrected chi connectivity index (χ3v) is 7.94. The molecule has 0 atom stereocenters. The minimum atomic E-state index is -0.215. The Balaban J connectivity index is 1.10. The van der Waals surface area contributed by atoms with Gasteiger partial charge in [0.2, 0.25) is 5.91 Å². The molecule has 0 unspecified atom stereocenters. The zero-order valence-electron chi connectivity index (χ0n) is 19.5. The van der Waals surface area contributed by atoms with Gasteiger partial charge in [-0.1, -0.05) is 54.6 Å². The number of carbonyl (C=O) groups is 1. The highest BCUT2D eigenvalue weighted by Gasteiger charge is 2.53. The van der Waals surface area contributed by atoms with Crippen molar-refractivity contribution < 1.29 is 4.79 Å². The Morgan fingerprint density at radius 2 is 1.47 bits per heavy atom. The van der Waals surface area contributed by atoms with Crippen LogP contribution in [0, 0.1) is 5.92 Å². The average Bonchev–Trinajstić information content (AvgIpc) is 3.65. The van der Waals surface area contributed by atoms with Gasteiger partial charge in [0.15, 0.2) is 0 Å². The van der Waals surface area contributed by atoms with Crippen LogP contribution in [0.15, 0.2) is 54.6 Å². The van der Waals surface area contributed by atoms with Crippen LogP contribution in [0.25, 0.3) is 0 Å². The molecule has 2 aromatic carbocycles. The van der Waals surface area contributed by atoms with Crippen molar-refractivity contribution in [2.75, 3.05) is 46.3 Å². The number of carbonyl (C=O) groups excluding carboxylic acids is 1. The van der Waals surface area contributed by atoms with Gasteiger partial charge in [0.1, 0.15) is 0 Å². The highest BCUT2D eigenvalue weighted by molar-refractivity contribution is 5.91. The lowest BCUT2D eigenvalue weighted by atomic mass is 9.88. The molecule has 5 rings (SSSR count). The van der Waals surface area contributed by atoms with Crippen LogP contribution in [0.5, 0.6) is 0 Å². The Morgan fingerprint density at radius 3 is 2.09 bits per heavy atom. The van der Waals surface area contributed by atoms with Crippen LogP contribution in [-0.4, -0.2) is 66.9 Å². The Bertz CT molecular complexity index is 890. The first kappa shape index (κ1) is 21.7. The lowest BCUT2D eigenvalue weighted by Crippen LogP contribution is -2.44. The molecular weight excluding hydrogens is 394 g/mol. The van der Waals surface area contributed by atoms with Gasteiger partial charge in [-0.3, -0.25) is 9.69 Å². The molecule has 0 radical (unpaired) electrons. The highest BCUT2D eigenvalue weighted by atomic mass is 16.2. The van der Waals surface area contributed by atoms with Gasteiger partial charge in [-0.05, 0) is 61.8 Å². The molecule has 0 N–H and O–H groups in total. The summed E-state index contributed by atoms with van der Waals surface area (Å²) in [7, 11) is 2.21. The Hall–Kier alpha value is -2.17. The molecule has 0 aromatic heterocycles. The summed E-state index contributed by atoms with van der Waals surface area (Å²) >= 11 is 0. The predicted octanol–water partition coefficient (Wildman–Crippen LogP) is 3.95. The van der Waals surface area contributed by atoms with Crippen LogP contribution in [0.3, 0.4) is 0 Å². The average molecular weight is 432 g/mol. The fraction of sp³-hybridized carbons (Fsp3) is 0.536. The molecule has 3 fully saturated rings. The van der Waals surface area contributed by atoms with E-state index in [9.17, 15) is 4.79 Å². The molecule has 0 bridgehead atoms. The van der Waals surface area contributed by atoms with Crippen molar-refractivity contribution in [1.82, 2.24) is 14.7 Å². The fourth-order valence-corrected chi connectivity index (χ4v) is 5.53. The van der Waals surface area contributed by atoms with E-state index in [1.165, 1.54) is 42.9 Å². The summed E-state index contributed by atoms with van der Waals surface area (Å²) in [6.45, 7) is 7.58. The van der Waals surface area contributed by atoms with Gasteiger partial charge in [0, 0.05) is 45.8 Å². The Kier molecular flexibility index (Phi) is 6.34. The molecular formula is C28H37N3O. The van der Waals surface area contributed by atoms with Crippen molar-refractivity contribution in [2.45, 2.75) is 44.1 Å². The number of likely N-dealkylation sites (N-methyl/N-ethyl adjacent to an activating group) is 1. The zero-order valence-corrected chi connectivity index (χ0v) is 19.5. The van der Waals surface area contributed by atoms with Crippen molar-refractivity contribution in [3.8, 4) is 0 Å². The van der Waals surface area contributed by atoms with Crippen molar-refractivity contribution in [3.63, 3.8) is 0 Å². The monoisotopic (exact) mass is 431 g/mol. The number of hydrogen-bond donors (Lipinski definition) is 0. The Labute approximate surface area is 193 Å². The fourth-order valence-electron chi connectivity index (χ4n) is 5.53. The van der Waals surface area contributed by atoms with E-state index in [4.69, 9.17) is 0 Å². The number of benzene rings is 2. The molecule has 2 aromatic rings. The summed E-state index contributed by atoms with van der Waals surface area (Å²) < 4.78 is 0. The zero-order chi connectivity index (χ0) is 22.0. The van der Waals surface area contributed by atoms with E-state index in [1.807, 2.05) is 6.07 Å². The van der Waals surface area contributed by atoms with Gasteiger partial charge in [-0.2, -0.15) is 0 Å². The van der Waals surface area contributed by atoms with Crippen LogP contribution in [0.1, 0.15) is 42.4 Å². The number of likely N-dealkylation sites (tertiary alicyclic amines) is 1. The number of piperazine rings is 1. The van der Waals surface area contributed by atoms with Gasteiger partial charge in [-0.15, -0.1) is 0 Å². The molecule has 32 heavy (non-hydrogen) atoms. The second-order valence-corrected chi connectivity index (χ2v) is 10.3. The number of piperidine rings is 1. The predicted molar refractivity (Wildman–Crippen MR) is 130 cm³/mol. The molecule has 0 spiro atoms. The Morgan fingerprint density at radius 1 is 0.844 bits per heavy atom. The van der Waals surface area contributed by atoms with Crippen molar-refractivity contribution in [2.24, 2.45) is 5.92 Å². The molecule has 170 valence electrons. The van der Waals surface area contributed by atoms with Crippen LogP contribution < -0.4 is 0 Å². The van der Waals surface area contributed by atoms with Gasteiger partial charge >= 0.3 is 0 Å². The summed E-state index contributed by atoms with van der Waals surface area (Å²) in [5.74, 6) is 1.06. The molecule has 4 heteroatoms. The smallest absolute Gasteiger partial charge is 0.233 e. The number of amides is 1. The molecule has 4 nitrogen and oxygen atoms in total. The van der Waals surface area contributed by atoms with Crippen LogP contribution in [-0.2, 0) is 23.2 Å². The van der Waals surface area contributed by atoms with E-state index in [2.05, 4.69) is 70.3 Å². The molecule has 1 saturated carbocycles. The van der Waals surface area contributed by atoms with Crippen LogP contribution >= 0.6 is 0 Å². The van der Waals surface area contributed by atoms with Crippen molar-refractivity contribution in [1.29, 1.82) is 0 Å². The SMILES string of the molecule is CN1CCN(Cc2ccc(CC3CCN(C(=O)C4(c5ccccc5)CC4)CC3)cc2)CC1. The summed E-state index contributed by atoms with van der Waals surface area (Å²) in [4.78, 5) is 20.4. The first-order chi connectivity index (χ1) is 15.6. The quantitative estimate of drug-likeness (QED) is 0.693.